The topological polar surface area (TPSA) is 112 Å². The molecule has 8 heteroatoms. The second-order valence-electron chi connectivity index (χ2n) is 4.74. The fraction of sp³-hybridized carbons (Fsp3) is 0.400. The lowest BCUT2D eigenvalue weighted by Crippen LogP contribution is -2.33. The molecule has 0 aliphatic carbocycles. The van der Waals surface area contributed by atoms with Crippen LogP contribution < -0.4 is 21.0 Å². The third-order valence-electron chi connectivity index (χ3n) is 2.99. The number of nitrogens with zero attached hydrogens (tertiary/aromatic N) is 1. The van der Waals surface area contributed by atoms with Crippen molar-refractivity contribution >= 4 is 18.2 Å². The van der Waals surface area contributed by atoms with Crippen LogP contribution in [0, 0.1) is 0 Å². The minimum Gasteiger partial charge on any atom is -0.497 e. The Morgan fingerprint density at radius 2 is 1.96 bits per heavy atom. The van der Waals surface area contributed by atoms with Crippen LogP contribution in [0.25, 0.3) is 0 Å². The smallest absolute Gasteiger partial charge is 0.335 e. The van der Waals surface area contributed by atoms with Crippen molar-refractivity contribution in [3.63, 3.8) is 0 Å². The van der Waals surface area contributed by atoms with Crippen LogP contribution in [-0.2, 0) is 4.79 Å². The molecule has 0 saturated carbocycles. The van der Waals surface area contributed by atoms with Gasteiger partial charge < -0.3 is 10.1 Å². The Labute approximate surface area is 134 Å². The molecule has 1 aromatic carbocycles. The maximum absolute atomic E-state index is 11.5. The van der Waals surface area contributed by atoms with E-state index < -0.39 is 5.91 Å². The number of carbonyl (C=O) groups is 2. The molecule has 4 N–H and O–H groups in total. The Hall–Kier alpha value is -2.61. The summed E-state index contributed by atoms with van der Waals surface area (Å²) >= 11 is 0. The molecule has 0 unspecified atom stereocenters. The van der Waals surface area contributed by atoms with Crippen molar-refractivity contribution in [2.45, 2.75) is 25.7 Å². The third-order valence-corrected chi connectivity index (χ3v) is 2.99. The first-order valence-electron chi connectivity index (χ1n) is 7.29. The number of carbonyl (C=O) groups excluding carboxylic acids is 2. The minimum absolute atomic E-state index is 0.273. The van der Waals surface area contributed by atoms with Gasteiger partial charge in [0.15, 0.2) is 0 Å². The molecule has 3 amide bonds. The van der Waals surface area contributed by atoms with Crippen molar-refractivity contribution in [3.05, 3.63) is 29.8 Å². The van der Waals surface area contributed by atoms with Gasteiger partial charge in [-0.1, -0.05) is 6.42 Å². The summed E-state index contributed by atoms with van der Waals surface area (Å²) in [5.74, 6) is 0.355. The summed E-state index contributed by atoms with van der Waals surface area (Å²) in [7, 11) is 1.59. The van der Waals surface area contributed by atoms with E-state index >= 15 is 0 Å². The lowest BCUT2D eigenvalue weighted by atomic mass is 10.2. The molecule has 0 spiro atoms. The highest BCUT2D eigenvalue weighted by Gasteiger charge is 2.00. The molecule has 0 aliphatic rings. The molecule has 126 valence electrons. The number of hydrogen-bond donors (Lipinski definition) is 4. The van der Waals surface area contributed by atoms with E-state index in [1.54, 1.807) is 24.7 Å². The van der Waals surface area contributed by atoms with Crippen molar-refractivity contribution in [1.82, 2.24) is 16.2 Å². The van der Waals surface area contributed by atoms with Gasteiger partial charge in [-0.2, -0.15) is 5.10 Å². The standard InChI is InChI=1S/C15H22N4O4/c1-23-13-8-6-12(7-9-13)11-17-18-15(21)16-10-4-2-3-5-14(20)19-22/h6-9,11,22H,2-5,10H2,1H3,(H,19,20)(H2,16,18,21)/b17-11+. The zero-order chi connectivity index (χ0) is 16.9. The van der Waals surface area contributed by atoms with E-state index in [0.29, 0.717) is 13.0 Å². The van der Waals surface area contributed by atoms with Crippen LogP contribution in [0.5, 0.6) is 5.75 Å². The highest BCUT2D eigenvalue weighted by Crippen LogP contribution is 2.09. The summed E-state index contributed by atoms with van der Waals surface area (Å²) in [6.07, 6.45) is 3.99. The highest BCUT2D eigenvalue weighted by atomic mass is 16.5. The first-order chi connectivity index (χ1) is 11.2. The third kappa shape index (κ3) is 8.42. The lowest BCUT2D eigenvalue weighted by molar-refractivity contribution is -0.129. The van der Waals surface area contributed by atoms with Gasteiger partial charge in [0.05, 0.1) is 13.3 Å². The number of hydroxylamine groups is 1. The Morgan fingerprint density at radius 1 is 1.22 bits per heavy atom. The summed E-state index contributed by atoms with van der Waals surface area (Å²) < 4.78 is 5.04. The van der Waals surface area contributed by atoms with Crippen molar-refractivity contribution in [1.29, 1.82) is 0 Å². The summed E-state index contributed by atoms with van der Waals surface area (Å²) in [5.41, 5.74) is 4.79. The Balaban J connectivity index is 2.11. The monoisotopic (exact) mass is 322 g/mol. The fourth-order valence-electron chi connectivity index (χ4n) is 1.74. The quantitative estimate of drug-likeness (QED) is 0.238. The molecule has 0 atom stereocenters. The molecule has 23 heavy (non-hydrogen) atoms. The summed E-state index contributed by atoms with van der Waals surface area (Å²) in [6.45, 7) is 0.491. The minimum atomic E-state index is -0.399. The molecule has 0 fully saturated rings. The zero-order valence-corrected chi connectivity index (χ0v) is 13.0. The maximum atomic E-state index is 11.5. The van der Waals surface area contributed by atoms with Crippen molar-refractivity contribution < 1.29 is 19.5 Å². The van der Waals surface area contributed by atoms with Gasteiger partial charge in [0.2, 0.25) is 5.91 Å². The zero-order valence-electron chi connectivity index (χ0n) is 13.0. The molecule has 0 aliphatic heterocycles. The van der Waals surface area contributed by atoms with Gasteiger partial charge in [-0.3, -0.25) is 10.0 Å². The second-order valence-corrected chi connectivity index (χ2v) is 4.74. The van der Waals surface area contributed by atoms with Crippen LogP contribution in [0.3, 0.4) is 0 Å². The molecular weight excluding hydrogens is 300 g/mol. The number of amides is 3. The summed E-state index contributed by atoms with van der Waals surface area (Å²) in [6, 6.07) is 6.87. The van der Waals surface area contributed by atoms with Crippen molar-refractivity contribution in [2.75, 3.05) is 13.7 Å². The Bertz CT molecular complexity index is 517. The maximum Gasteiger partial charge on any atom is 0.335 e. The van der Waals surface area contributed by atoms with Crippen LogP contribution in [0.2, 0.25) is 0 Å². The molecule has 1 rings (SSSR count). The van der Waals surface area contributed by atoms with Gasteiger partial charge in [0.1, 0.15) is 5.75 Å². The normalized spacial score (nSPS) is 10.3. The molecule has 0 bridgehead atoms. The number of unbranched alkanes of at least 4 members (excludes halogenated alkanes) is 2. The largest absolute Gasteiger partial charge is 0.497 e. The van der Waals surface area contributed by atoms with Crippen LogP contribution in [0.4, 0.5) is 4.79 Å². The Morgan fingerprint density at radius 3 is 2.61 bits per heavy atom. The molecule has 0 saturated heterocycles. The summed E-state index contributed by atoms with van der Waals surface area (Å²) in [5, 5.41) is 14.8. The molecular formula is C15H22N4O4. The molecule has 0 aromatic heterocycles. The molecule has 0 heterocycles. The number of hydrogen-bond acceptors (Lipinski definition) is 5. The van der Waals surface area contributed by atoms with E-state index in [1.807, 2.05) is 12.1 Å². The van der Waals surface area contributed by atoms with E-state index in [9.17, 15) is 9.59 Å². The van der Waals surface area contributed by atoms with Crippen LogP contribution in [0.15, 0.2) is 29.4 Å². The van der Waals surface area contributed by atoms with Crippen molar-refractivity contribution in [3.8, 4) is 5.75 Å². The van der Waals surface area contributed by atoms with E-state index in [1.165, 1.54) is 6.21 Å². The first kappa shape index (κ1) is 18.4. The molecule has 1 aromatic rings. The SMILES string of the molecule is COc1ccc(/C=N/NC(=O)NCCCCCC(=O)NO)cc1. The number of hydrazone groups is 1. The number of methoxy groups -OCH3 is 1. The van der Waals surface area contributed by atoms with Crippen LogP contribution in [0.1, 0.15) is 31.2 Å². The Kier molecular flexibility index (Phi) is 8.84. The fourth-order valence-corrected chi connectivity index (χ4v) is 1.74. The van der Waals surface area contributed by atoms with E-state index in [2.05, 4.69) is 15.8 Å². The van der Waals surface area contributed by atoms with Gasteiger partial charge in [-0.25, -0.2) is 15.7 Å². The number of nitrogens with one attached hydrogen (secondary N) is 3. The average molecular weight is 322 g/mol. The van der Waals surface area contributed by atoms with Crippen molar-refractivity contribution in [2.24, 2.45) is 5.10 Å². The average Bonchev–Trinajstić information content (AvgIpc) is 2.58. The van der Waals surface area contributed by atoms with Crippen LogP contribution >= 0.6 is 0 Å². The number of ether oxygens (including phenoxy) is 1. The summed E-state index contributed by atoms with van der Waals surface area (Å²) in [4.78, 5) is 22.2. The molecule has 8 nitrogen and oxygen atoms in total. The van der Waals surface area contributed by atoms with Gasteiger partial charge in [-0.05, 0) is 42.7 Å². The predicted octanol–water partition coefficient (Wildman–Crippen LogP) is 1.39. The lowest BCUT2D eigenvalue weighted by Gasteiger charge is -2.04. The van der Waals surface area contributed by atoms with Crippen LogP contribution in [-0.4, -0.2) is 37.0 Å². The van der Waals surface area contributed by atoms with Gasteiger partial charge >= 0.3 is 6.03 Å². The number of rotatable bonds is 9. The highest BCUT2D eigenvalue weighted by molar-refractivity contribution is 5.81. The van der Waals surface area contributed by atoms with Gasteiger partial charge in [0.25, 0.3) is 0 Å². The van der Waals surface area contributed by atoms with Gasteiger partial charge in [-0.15, -0.1) is 0 Å². The second kappa shape index (κ2) is 11.0. The van der Waals surface area contributed by atoms with E-state index in [4.69, 9.17) is 9.94 Å². The van der Waals surface area contributed by atoms with Gasteiger partial charge in [0, 0.05) is 13.0 Å². The van der Waals surface area contributed by atoms with E-state index in [0.717, 1.165) is 24.2 Å². The number of urea groups is 1. The number of benzene rings is 1. The molecule has 0 radical (unpaired) electrons. The van der Waals surface area contributed by atoms with E-state index in [-0.39, 0.29) is 12.5 Å². The predicted molar refractivity (Wildman–Crippen MR) is 85.5 cm³/mol. The first-order valence-corrected chi connectivity index (χ1v) is 7.29.